The highest BCUT2D eigenvalue weighted by atomic mass is 16.1. The van der Waals surface area contributed by atoms with E-state index in [1.165, 1.54) is 12.5 Å². The number of hydrogen-bond donors (Lipinski definition) is 3. The highest BCUT2D eigenvalue weighted by molar-refractivity contribution is 5.89. The number of rotatable bonds is 6. The molecule has 3 rings (SSSR count). The van der Waals surface area contributed by atoms with Gasteiger partial charge in [0, 0.05) is 24.8 Å². The van der Waals surface area contributed by atoms with Crippen LogP contribution in [0, 0.1) is 6.92 Å². The Morgan fingerprint density at radius 2 is 1.85 bits per heavy atom. The molecule has 0 fully saturated rings. The molecule has 3 aromatic rings. The Morgan fingerprint density at radius 3 is 2.62 bits per heavy atom. The van der Waals surface area contributed by atoms with Crippen LogP contribution in [0.4, 0.5) is 23.1 Å². The van der Waals surface area contributed by atoms with Crippen LogP contribution in [0.5, 0.6) is 0 Å². The van der Waals surface area contributed by atoms with Crippen LogP contribution in [0.1, 0.15) is 18.1 Å². The first-order chi connectivity index (χ1) is 12.6. The van der Waals surface area contributed by atoms with Gasteiger partial charge in [-0.3, -0.25) is 4.79 Å². The van der Waals surface area contributed by atoms with E-state index in [9.17, 15) is 4.79 Å². The third-order valence-electron chi connectivity index (χ3n) is 3.59. The molecule has 1 aromatic heterocycles. The Bertz CT molecular complexity index is 895. The molecule has 0 aliphatic rings. The fourth-order valence-corrected chi connectivity index (χ4v) is 2.35. The van der Waals surface area contributed by atoms with Gasteiger partial charge in [0.2, 0.25) is 11.9 Å². The molecular formula is C19H20N6O. The Morgan fingerprint density at radius 1 is 1.08 bits per heavy atom. The Kier molecular flexibility index (Phi) is 5.38. The van der Waals surface area contributed by atoms with Crippen molar-refractivity contribution in [1.29, 1.82) is 0 Å². The largest absolute Gasteiger partial charge is 0.349 e. The van der Waals surface area contributed by atoms with E-state index in [1.54, 1.807) is 6.20 Å². The van der Waals surface area contributed by atoms with E-state index in [1.807, 2.05) is 24.3 Å². The van der Waals surface area contributed by atoms with E-state index in [-0.39, 0.29) is 5.91 Å². The fraction of sp³-hybridized carbons (Fsp3) is 0.158. The maximum atomic E-state index is 11.2. The highest BCUT2D eigenvalue weighted by Crippen LogP contribution is 2.19. The van der Waals surface area contributed by atoms with Crippen LogP contribution in [0.25, 0.3) is 0 Å². The van der Waals surface area contributed by atoms with Crippen molar-refractivity contribution in [2.24, 2.45) is 0 Å². The second-order valence-corrected chi connectivity index (χ2v) is 5.89. The van der Waals surface area contributed by atoms with Crippen LogP contribution in [0.3, 0.4) is 0 Å². The summed E-state index contributed by atoms with van der Waals surface area (Å²) in [6.45, 7) is 4.14. The Balaban J connectivity index is 1.65. The minimum absolute atomic E-state index is 0.117. The zero-order chi connectivity index (χ0) is 18.4. The molecule has 0 unspecified atom stereocenters. The molecule has 0 atom stereocenters. The number of benzene rings is 2. The van der Waals surface area contributed by atoms with Gasteiger partial charge >= 0.3 is 0 Å². The number of carbonyl (C=O) groups excluding carboxylic acids is 1. The summed E-state index contributed by atoms with van der Waals surface area (Å²) in [6, 6.07) is 15.6. The van der Waals surface area contributed by atoms with E-state index < -0.39 is 0 Å². The predicted molar refractivity (Wildman–Crippen MR) is 102 cm³/mol. The van der Waals surface area contributed by atoms with Crippen molar-refractivity contribution in [2.45, 2.75) is 20.4 Å². The normalized spacial score (nSPS) is 10.2. The lowest BCUT2D eigenvalue weighted by Gasteiger charge is -2.09. The number of carbonyl (C=O) groups is 1. The lowest BCUT2D eigenvalue weighted by Crippen LogP contribution is -2.07. The molecule has 1 amide bonds. The van der Waals surface area contributed by atoms with Gasteiger partial charge in [-0.25, -0.2) is 0 Å². The second kappa shape index (κ2) is 8.06. The van der Waals surface area contributed by atoms with Crippen LogP contribution < -0.4 is 16.0 Å². The average molecular weight is 348 g/mol. The molecule has 0 radical (unpaired) electrons. The van der Waals surface area contributed by atoms with Crippen molar-refractivity contribution in [3.05, 3.63) is 65.9 Å². The summed E-state index contributed by atoms with van der Waals surface area (Å²) in [5.41, 5.74) is 3.86. The third-order valence-corrected chi connectivity index (χ3v) is 3.59. The summed E-state index contributed by atoms with van der Waals surface area (Å²) < 4.78 is 0. The van der Waals surface area contributed by atoms with Crippen LogP contribution >= 0.6 is 0 Å². The fourth-order valence-electron chi connectivity index (χ4n) is 2.35. The zero-order valence-electron chi connectivity index (χ0n) is 14.7. The summed E-state index contributed by atoms with van der Waals surface area (Å²) in [5.74, 6) is 0.883. The van der Waals surface area contributed by atoms with Crippen molar-refractivity contribution in [3.8, 4) is 0 Å². The van der Waals surface area contributed by atoms with Gasteiger partial charge in [-0.2, -0.15) is 10.1 Å². The number of aryl methyl sites for hydroxylation is 1. The molecule has 0 aliphatic carbocycles. The summed E-state index contributed by atoms with van der Waals surface area (Å²) in [6.07, 6.45) is 1.54. The molecule has 0 saturated heterocycles. The molecule has 132 valence electrons. The molecule has 7 heteroatoms. The number of hydrogen-bond acceptors (Lipinski definition) is 6. The number of nitrogens with one attached hydrogen (secondary N) is 3. The van der Waals surface area contributed by atoms with Gasteiger partial charge in [-0.15, -0.1) is 5.10 Å². The first-order valence-electron chi connectivity index (χ1n) is 8.22. The molecule has 1 heterocycles. The van der Waals surface area contributed by atoms with Crippen LogP contribution in [0.15, 0.2) is 54.7 Å². The van der Waals surface area contributed by atoms with Gasteiger partial charge < -0.3 is 16.0 Å². The predicted octanol–water partition coefficient (Wildman–Crippen LogP) is 3.49. The summed E-state index contributed by atoms with van der Waals surface area (Å²) >= 11 is 0. The monoisotopic (exact) mass is 348 g/mol. The molecular weight excluding hydrogens is 328 g/mol. The maximum Gasteiger partial charge on any atom is 0.244 e. The first kappa shape index (κ1) is 17.3. The van der Waals surface area contributed by atoms with Crippen molar-refractivity contribution in [2.75, 3.05) is 16.0 Å². The number of nitrogens with zero attached hydrogens (tertiary/aromatic N) is 3. The molecule has 0 spiro atoms. The minimum atomic E-state index is -0.117. The van der Waals surface area contributed by atoms with Gasteiger partial charge in [0.15, 0.2) is 5.82 Å². The van der Waals surface area contributed by atoms with Crippen molar-refractivity contribution < 1.29 is 4.79 Å². The number of amides is 1. The van der Waals surface area contributed by atoms with Crippen LogP contribution in [-0.4, -0.2) is 21.1 Å². The van der Waals surface area contributed by atoms with E-state index >= 15 is 0 Å². The quantitative estimate of drug-likeness (QED) is 0.631. The average Bonchev–Trinajstić information content (AvgIpc) is 2.61. The summed E-state index contributed by atoms with van der Waals surface area (Å²) in [4.78, 5) is 15.6. The maximum absolute atomic E-state index is 11.2. The van der Waals surface area contributed by atoms with Gasteiger partial charge in [0.1, 0.15) is 0 Å². The smallest absolute Gasteiger partial charge is 0.244 e. The van der Waals surface area contributed by atoms with Gasteiger partial charge in [-0.1, -0.05) is 35.9 Å². The lowest BCUT2D eigenvalue weighted by molar-refractivity contribution is -0.114. The molecule has 0 aliphatic heterocycles. The number of anilines is 4. The second-order valence-electron chi connectivity index (χ2n) is 5.89. The molecule has 7 nitrogen and oxygen atoms in total. The molecule has 3 N–H and O–H groups in total. The first-order valence-corrected chi connectivity index (χ1v) is 8.22. The molecule has 26 heavy (non-hydrogen) atoms. The van der Waals surface area contributed by atoms with E-state index in [4.69, 9.17) is 0 Å². The highest BCUT2D eigenvalue weighted by Gasteiger charge is 2.03. The van der Waals surface area contributed by atoms with Crippen LogP contribution in [-0.2, 0) is 11.3 Å². The SMILES string of the molecule is CC(=O)Nc1cccc(Nc2cnnc(NCc3ccc(C)cc3)n2)c1. The van der Waals surface area contributed by atoms with E-state index in [0.717, 1.165) is 11.3 Å². The number of aromatic nitrogens is 3. The van der Waals surface area contributed by atoms with Crippen molar-refractivity contribution in [1.82, 2.24) is 15.2 Å². The molecule has 0 bridgehead atoms. The molecule has 0 saturated carbocycles. The van der Waals surface area contributed by atoms with Gasteiger partial charge in [0.25, 0.3) is 0 Å². The standard InChI is InChI=1S/C19H20N6O/c1-13-6-8-15(9-7-13)11-20-19-24-18(12-21-25-19)23-17-5-3-4-16(10-17)22-14(2)26/h3-10,12H,11H2,1-2H3,(H,22,26)(H2,20,23,24,25). The Hall–Kier alpha value is -3.48. The van der Waals surface area contributed by atoms with Crippen molar-refractivity contribution >= 4 is 29.0 Å². The Labute approximate surface area is 151 Å². The topological polar surface area (TPSA) is 91.8 Å². The zero-order valence-corrected chi connectivity index (χ0v) is 14.7. The van der Waals surface area contributed by atoms with E-state index in [2.05, 4.69) is 62.3 Å². The third kappa shape index (κ3) is 5.01. The van der Waals surface area contributed by atoms with Gasteiger partial charge in [-0.05, 0) is 30.7 Å². The minimum Gasteiger partial charge on any atom is -0.349 e. The van der Waals surface area contributed by atoms with E-state index in [0.29, 0.717) is 24.0 Å². The molecule has 2 aromatic carbocycles. The van der Waals surface area contributed by atoms with Crippen molar-refractivity contribution in [3.63, 3.8) is 0 Å². The summed E-state index contributed by atoms with van der Waals surface area (Å²) in [7, 11) is 0. The van der Waals surface area contributed by atoms with Gasteiger partial charge in [0.05, 0.1) is 6.20 Å². The summed E-state index contributed by atoms with van der Waals surface area (Å²) in [5, 5.41) is 17.0. The lowest BCUT2D eigenvalue weighted by atomic mass is 10.1. The van der Waals surface area contributed by atoms with Crippen LogP contribution in [0.2, 0.25) is 0 Å².